The molecule has 0 aliphatic carbocycles. The predicted octanol–water partition coefficient (Wildman–Crippen LogP) is 0.552. The van der Waals surface area contributed by atoms with E-state index in [1.807, 2.05) is 0 Å². The normalized spacial score (nSPS) is 18.4. The third kappa shape index (κ3) is 3.12. The van der Waals surface area contributed by atoms with Crippen LogP contribution in [0.3, 0.4) is 0 Å². The van der Waals surface area contributed by atoms with Crippen molar-refractivity contribution < 1.29 is 9.84 Å². The second-order valence-corrected chi connectivity index (χ2v) is 4.87. The lowest BCUT2D eigenvalue weighted by Crippen LogP contribution is -2.27. The topological polar surface area (TPSA) is 116 Å². The van der Waals surface area contributed by atoms with Gasteiger partial charge in [0.2, 0.25) is 5.88 Å². The third-order valence-electron chi connectivity index (χ3n) is 3.33. The summed E-state index contributed by atoms with van der Waals surface area (Å²) in [5, 5.41) is 24.2. The van der Waals surface area contributed by atoms with E-state index in [2.05, 4.69) is 25.6 Å². The molecular weight excluding hydrogens is 284 g/mol. The van der Waals surface area contributed by atoms with Crippen molar-refractivity contribution >= 4 is 17.1 Å². The molecule has 8 nitrogen and oxygen atoms in total. The summed E-state index contributed by atoms with van der Waals surface area (Å²) in [7, 11) is 0. The first-order chi connectivity index (χ1) is 10.8. The van der Waals surface area contributed by atoms with Crippen LogP contribution >= 0.6 is 0 Å². The molecule has 1 atom stereocenters. The van der Waals surface area contributed by atoms with E-state index in [9.17, 15) is 5.11 Å². The Labute approximate surface area is 126 Å². The molecule has 0 spiro atoms. The number of aromatic hydroxyl groups is 1. The number of nitrogens with one attached hydrogen (secondary N) is 3. The lowest BCUT2D eigenvalue weighted by molar-refractivity contribution is 0.393. The molecular formula is C14H16N6O2. The molecule has 22 heavy (non-hydrogen) atoms. The molecule has 0 aromatic carbocycles. The molecule has 0 unspecified atom stereocenters. The summed E-state index contributed by atoms with van der Waals surface area (Å²) in [5.74, 6) is 0.0780. The fraction of sp³-hybridized carbons (Fsp3) is 0.286. The van der Waals surface area contributed by atoms with Crippen molar-refractivity contribution in [3.63, 3.8) is 0 Å². The zero-order valence-electron chi connectivity index (χ0n) is 11.8. The van der Waals surface area contributed by atoms with Gasteiger partial charge in [-0.25, -0.2) is 0 Å². The highest BCUT2D eigenvalue weighted by molar-refractivity contribution is 5.82. The summed E-state index contributed by atoms with van der Waals surface area (Å²) >= 11 is 0. The molecule has 3 rings (SSSR count). The van der Waals surface area contributed by atoms with Gasteiger partial charge in [-0.1, -0.05) is 0 Å². The summed E-state index contributed by atoms with van der Waals surface area (Å²) in [6.07, 6.45) is 6.75. The minimum absolute atomic E-state index is 0.0286. The second kappa shape index (κ2) is 6.35. The first kappa shape index (κ1) is 14.2. The Morgan fingerprint density at radius 1 is 1.50 bits per heavy atom. The van der Waals surface area contributed by atoms with Crippen LogP contribution < -0.4 is 15.4 Å². The van der Waals surface area contributed by atoms with Crippen molar-refractivity contribution in [2.45, 2.75) is 12.5 Å². The number of fused-ring (bicyclic) bond motifs is 1. The molecule has 4 N–H and O–H groups in total. The van der Waals surface area contributed by atoms with E-state index in [0.29, 0.717) is 16.9 Å². The number of allylic oxidation sites excluding steroid dienone is 1. The number of ether oxygens (including phenoxy) is 1. The van der Waals surface area contributed by atoms with Crippen molar-refractivity contribution in [1.29, 1.82) is 5.41 Å². The number of hydrogen-bond acceptors (Lipinski definition) is 8. The highest BCUT2D eigenvalue weighted by atomic mass is 16.5. The molecule has 8 heteroatoms. The first-order valence-corrected chi connectivity index (χ1v) is 6.92. The zero-order valence-corrected chi connectivity index (χ0v) is 11.8. The minimum Gasteiger partial charge on any atom is -0.493 e. The van der Waals surface area contributed by atoms with E-state index >= 15 is 0 Å². The zero-order chi connectivity index (χ0) is 15.4. The Balaban J connectivity index is 1.78. The quantitative estimate of drug-likeness (QED) is 0.470. The van der Waals surface area contributed by atoms with E-state index in [1.54, 1.807) is 18.5 Å². The number of rotatable bonds is 5. The van der Waals surface area contributed by atoms with E-state index < -0.39 is 0 Å². The van der Waals surface area contributed by atoms with Gasteiger partial charge >= 0.3 is 6.01 Å². The van der Waals surface area contributed by atoms with Gasteiger partial charge in [0, 0.05) is 25.0 Å². The van der Waals surface area contributed by atoms with Crippen LogP contribution in [0.4, 0.5) is 0 Å². The van der Waals surface area contributed by atoms with Gasteiger partial charge in [-0.15, -0.1) is 0 Å². The molecule has 0 saturated carbocycles. The van der Waals surface area contributed by atoms with Crippen LogP contribution in [-0.4, -0.2) is 45.4 Å². The molecule has 3 heterocycles. The predicted molar refractivity (Wildman–Crippen MR) is 80.9 cm³/mol. The van der Waals surface area contributed by atoms with Crippen LogP contribution in [-0.2, 0) is 0 Å². The maximum absolute atomic E-state index is 9.88. The standard InChI is InChI=1S/C14H16N6O2/c15-5-10(7-18-9-1-3-16-6-9)22-14-19-12-8-17-4-2-11(12)13(21)20-14/h2,4-5,7-9,15-16,18H,1,3,6H2,(H,19,20,21)/b10-7+,15-5?/t9-/m0/s1. The lowest BCUT2D eigenvalue weighted by atomic mass is 10.3. The van der Waals surface area contributed by atoms with E-state index in [-0.39, 0.29) is 17.6 Å². The molecule has 114 valence electrons. The molecule has 1 saturated heterocycles. The number of hydrogen-bond donors (Lipinski definition) is 4. The lowest BCUT2D eigenvalue weighted by Gasteiger charge is -2.10. The van der Waals surface area contributed by atoms with Gasteiger partial charge in [0.25, 0.3) is 0 Å². The van der Waals surface area contributed by atoms with Crippen molar-refractivity contribution in [2.24, 2.45) is 0 Å². The van der Waals surface area contributed by atoms with Crippen LogP contribution in [0.5, 0.6) is 11.9 Å². The van der Waals surface area contributed by atoms with E-state index in [0.717, 1.165) is 25.7 Å². The molecule has 1 aliphatic heterocycles. The van der Waals surface area contributed by atoms with Gasteiger partial charge in [-0.2, -0.15) is 9.97 Å². The molecule has 1 aliphatic rings. The van der Waals surface area contributed by atoms with Crippen molar-refractivity contribution in [2.75, 3.05) is 13.1 Å². The molecule has 2 aromatic heterocycles. The van der Waals surface area contributed by atoms with Crippen LogP contribution in [0.25, 0.3) is 10.9 Å². The number of nitrogens with zero attached hydrogens (tertiary/aromatic N) is 3. The second-order valence-electron chi connectivity index (χ2n) is 4.87. The summed E-state index contributed by atoms with van der Waals surface area (Å²) < 4.78 is 5.44. The highest BCUT2D eigenvalue weighted by Gasteiger charge is 2.13. The number of pyridine rings is 1. The fourth-order valence-corrected chi connectivity index (χ4v) is 2.19. The summed E-state index contributed by atoms with van der Waals surface area (Å²) in [6, 6.07) is 1.91. The Hall–Kier alpha value is -2.74. The van der Waals surface area contributed by atoms with Gasteiger partial charge in [0.05, 0.1) is 23.3 Å². The van der Waals surface area contributed by atoms with Gasteiger partial charge < -0.3 is 25.9 Å². The van der Waals surface area contributed by atoms with Crippen LogP contribution in [0.1, 0.15) is 6.42 Å². The molecule has 0 bridgehead atoms. The van der Waals surface area contributed by atoms with Crippen LogP contribution in [0.15, 0.2) is 30.4 Å². The third-order valence-corrected chi connectivity index (χ3v) is 3.33. The first-order valence-electron chi connectivity index (χ1n) is 6.92. The number of aromatic nitrogens is 3. The Kier molecular flexibility index (Phi) is 4.10. The molecule has 1 fully saturated rings. The average molecular weight is 300 g/mol. The average Bonchev–Trinajstić information content (AvgIpc) is 3.05. The van der Waals surface area contributed by atoms with Gasteiger partial charge in [-0.3, -0.25) is 4.98 Å². The highest BCUT2D eigenvalue weighted by Crippen LogP contribution is 2.22. The van der Waals surface area contributed by atoms with E-state index in [1.165, 1.54) is 6.20 Å². The van der Waals surface area contributed by atoms with Crippen LogP contribution in [0, 0.1) is 5.41 Å². The van der Waals surface area contributed by atoms with Gasteiger partial charge in [-0.05, 0) is 19.0 Å². The molecule has 0 amide bonds. The maximum atomic E-state index is 9.88. The summed E-state index contributed by atoms with van der Waals surface area (Å²) in [6.45, 7) is 1.85. The van der Waals surface area contributed by atoms with Crippen molar-refractivity contribution in [1.82, 2.24) is 25.6 Å². The van der Waals surface area contributed by atoms with Crippen LogP contribution in [0.2, 0.25) is 0 Å². The van der Waals surface area contributed by atoms with Crippen molar-refractivity contribution in [3.8, 4) is 11.9 Å². The Bertz CT molecular complexity index is 712. The Morgan fingerprint density at radius 2 is 2.41 bits per heavy atom. The summed E-state index contributed by atoms with van der Waals surface area (Å²) in [4.78, 5) is 12.0. The van der Waals surface area contributed by atoms with Gasteiger partial charge in [0.1, 0.15) is 0 Å². The largest absolute Gasteiger partial charge is 0.493 e. The van der Waals surface area contributed by atoms with E-state index in [4.69, 9.17) is 10.1 Å². The monoisotopic (exact) mass is 300 g/mol. The van der Waals surface area contributed by atoms with Gasteiger partial charge in [0.15, 0.2) is 5.76 Å². The SMILES string of the molecule is N=C/C(=C\N[C@H]1CCNC1)Oc1nc(O)c2ccncc2n1. The smallest absolute Gasteiger partial charge is 0.326 e. The molecule has 0 radical (unpaired) electrons. The Morgan fingerprint density at radius 3 is 3.18 bits per heavy atom. The maximum Gasteiger partial charge on any atom is 0.326 e. The fourth-order valence-electron chi connectivity index (χ4n) is 2.19. The minimum atomic E-state index is -0.181. The summed E-state index contributed by atoms with van der Waals surface area (Å²) in [5.41, 5.74) is 0.474. The van der Waals surface area contributed by atoms with Crippen molar-refractivity contribution in [3.05, 3.63) is 30.4 Å². The molecule has 2 aromatic rings.